The molecule has 0 aliphatic carbocycles. The van der Waals surface area contributed by atoms with Crippen LogP contribution in [0.15, 0.2) is 11.1 Å². The van der Waals surface area contributed by atoms with Crippen LogP contribution in [0.25, 0.3) is 11.2 Å². The van der Waals surface area contributed by atoms with E-state index in [0.29, 0.717) is 0 Å². The van der Waals surface area contributed by atoms with Gasteiger partial charge in [0, 0.05) is 0 Å². The van der Waals surface area contributed by atoms with Gasteiger partial charge in [-0.05, 0) is 0 Å². The van der Waals surface area contributed by atoms with Gasteiger partial charge in [0.1, 0.15) is 30.2 Å². The first kappa shape index (κ1) is 16.2. The van der Waals surface area contributed by atoms with Crippen LogP contribution in [0.1, 0.15) is 16.7 Å². The van der Waals surface area contributed by atoms with Gasteiger partial charge in [-0.25, -0.2) is 15.0 Å². The molecule has 2 aromatic heterocycles. The average molecular weight is 338 g/mol. The van der Waals surface area contributed by atoms with Crippen LogP contribution >= 0.6 is 0 Å². The van der Waals surface area contributed by atoms with E-state index < -0.39 is 48.3 Å². The van der Waals surface area contributed by atoms with Gasteiger partial charge in [0.2, 0.25) is 0 Å². The number of fused-ring (bicyclic) bond motifs is 1. The molecule has 128 valence electrons. The van der Waals surface area contributed by atoms with Gasteiger partial charge in [-0.1, -0.05) is 0 Å². The molecule has 0 bridgehead atoms. The Morgan fingerprint density at radius 1 is 1.33 bits per heavy atom. The first-order valence-electron chi connectivity index (χ1n) is 6.81. The number of primary amides is 1. The number of carbonyl (C=O) groups is 1. The molecular weight excluding hydrogens is 324 g/mol. The second-order valence-electron chi connectivity index (χ2n) is 5.16. The minimum Gasteiger partial charge on any atom is -0.394 e. The van der Waals surface area contributed by atoms with E-state index in [1.165, 1.54) is 0 Å². The highest BCUT2D eigenvalue weighted by Gasteiger charge is 2.45. The van der Waals surface area contributed by atoms with Crippen LogP contribution in [0, 0.1) is 0 Å². The fraction of sp³-hybridized carbons (Fsp3) is 0.417. The number of rotatable bonds is 3. The maximum atomic E-state index is 12.5. The molecule has 4 atom stereocenters. The van der Waals surface area contributed by atoms with Crippen molar-refractivity contribution in [1.82, 2.24) is 19.5 Å². The maximum Gasteiger partial charge on any atom is 0.286 e. The van der Waals surface area contributed by atoms with Gasteiger partial charge >= 0.3 is 0 Å². The van der Waals surface area contributed by atoms with Crippen LogP contribution in [0.5, 0.6) is 0 Å². The Hall–Kier alpha value is -2.67. The van der Waals surface area contributed by atoms with E-state index in [4.69, 9.17) is 16.2 Å². The number of nitrogens with two attached hydrogens (primary N) is 2. The second kappa shape index (κ2) is 5.76. The summed E-state index contributed by atoms with van der Waals surface area (Å²) in [7, 11) is 0. The lowest BCUT2D eigenvalue weighted by Gasteiger charge is -2.19. The Morgan fingerprint density at radius 2 is 2.04 bits per heavy atom. The zero-order valence-electron chi connectivity index (χ0n) is 12.1. The minimum atomic E-state index is -1.57. The molecule has 24 heavy (non-hydrogen) atoms. The largest absolute Gasteiger partial charge is 0.394 e. The summed E-state index contributed by atoms with van der Waals surface area (Å²) in [4.78, 5) is 35.4. The minimum absolute atomic E-state index is 0.0939. The molecular formula is C12H14N6O6. The molecule has 12 heteroatoms. The van der Waals surface area contributed by atoms with Gasteiger partial charge in [0.25, 0.3) is 11.5 Å². The third kappa shape index (κ3) is 2.28. The van der Waals surface area contributed by atoms with Gasteiger partial charge in [0.05, 0.1) is 6.61 Å². The summed E-state index contributed by atoms with van der Waals surface area (Å²) in [6.45, 7) is -0.591. The topological polar surface area (TPSA) is 200 Å². The first-order valence-corrected chi connectivity index (χ1v) is 6.81. The lowest BCUT2D eigenvalue weighted by molar-refractivity contribution is -0.0526. The summed E-state index contributed by atoms with van der Waals surface area (Å²) in [5.74, 6) is -1.24. The summed E-state index contributed by atoms with van der Waals surface area (Å²) < 4.78 is 6.13. The summed E-state index contributed by atoms with van der Waals surface area (Å²) in [6.07, 6.45) is -4.52. The SMILES string of the molecule is NC(=O)c1nc2c(N)ncnc2n(C2OC(CO)[C@@H](O)[C@H]2O)c1=O. The van der Waals surface area contributed by atoms with Gasteiger partial charge in [0.15, 0.2) is 23.4 Å². The molecule has 0 saturated carbocycles. The normalized spacial score (nSPS) is 26.8. The van der Waals surface area contributed by atoms with Crippen molar-refractivity contribution in [3.63, 3.8) is 0 Å². The number of ether oxygens (including phenoxy) is 1. The fourth-order valence-corrected chi connectivity index (χ4v) is 2.53. The van der Waals surface area contributed by atoms with E-state index >= 15 is 0 Å². The number of hydrogen-bond acceptors (Lipinski definition) is 10. The lowest BCUT2D eigenvalue weighted by atomic mass is 10.1. The van der Waals surface area contributed by atoms with Crippen LogP contribution in [0.3, 0.4) is 0 Å². The van der Waals surface area contributed by atoms with Crippen LogP contribution in [-0.2, 0) is 4.74 Å². The molecule has 0 radical (unpaired) electrons. The molecule has 1 aliphatic heterocycles. The zero-order valence-corrected chi connectivity index (χ0v) is 12.1. The predicted molar refractivity (Wildman–Crippen MR) is 77.5 cm³/mol. The average Bonchev–Trinajstić information content (AvgIpc) is 2.82. The molecule has 1 fully saturated rings. The number of aliphatic hydroxyl groups is 3. The van der Waals surface area contributed by atoms with Crippen molar-refractivity contribution in [3.8, 4) is 0 Å². The molecule has 1 saturated heterocycles. The van der Waals surface area contributed by atoms with E-state index in [1.807, 2.05) is 0 Å². The molecule has 0 aromatic carbocycles. The van der Waals surface area contributed by atoms with Crippen molar-refractivity contribution in [2.45, 2.75) is 24.5 Å². The van der Waals surface area contributed by atoms with Gasteiger partial charge in [-0.15, -0.1) is 0 Å². The Morgan fingerprint density at radius 3 is 2.62 bits per heavy atom. The number of nitrogen functional groups attached to an aromatic ring is 1. The number of nitrogens with zero attached hydrogens (tertiary/aromatic N) is 4. The molecule has 3 rings (SSSR count). The molecule has 2 unspecified atom stereocenters. The van der Waals surface area contributed by atoms with Crippen LogP contribution in [0.4, 0.5) is 5.82 Å². The first-order chi connectivity index (χ1) is 11.4. The number of aliphatic hydroxyl groups excluding tert-OH is 3. The summed E-state index contributed by atoms with van der Waals surface area (Å²) in [6, 6.07) is 0. The highest BCUT2D eigenvalue weighted by Crippen LogP contribution is 2.30. The number of carbonyl (C=O) groups excluding carboxylic acids is 1. The monoisotopic (exact) mass is 338 g/mol. The Balaban J connectivity index is 2.31. The van der Waals surface area contributed by atoms with Crippen molar-refractivity contribution >= 4 is 22.9 Å². The van der Waals surface area contributed by atoms with Crippen LogP contribution in [-0.4, -0.2) is 65.7 Å². The van der Waals surface area contributed by atoms with E-state index in [1.54, 1.807) is 0 Å². The van der Waals surface area contributed by atoms with Crippen molar-refractivity contribution in [2.75, 3.05) is 12.3 Å². The highest BCUT2D eigenvalue weighted by molar-refractivity contribution is 5.93. The molecule has 1 aliphatic rings. The number of aromatic nitrogens is 4. The molecule has 0 spiro atoms. The zero-order chi connectivity index (χ0) is 17.6. The Kier molecular flexibility index (Phi) is 3.88. The molecule has 1 amide bonds. The fourth-order valence-electron chi connectivity index (χ4n) is 2.53. The highest BCUT2D eigenvalue weighted by atomic mass is 16.6. The second-order valence-corrected chi connectivity index (χ2v) is 5.16. The number of hydrogen-bond donors (Lipinski definition) is 5. The number of anilines is 1. The van der Waals surface area contributed by atoms with Crippen molar-refractivity contribution in [1.29, 1.82) is 0 Å². The van der Waals surface area contributed by atoms with E-state index in [9.17, 15) is 24.9 Å². The predicted octanol–water partition coefficient (Wildman–Crippen LogP) is -3.52. The summed E-state index contributed by atoms with van der Waals surface area (Å²) in [5, 5.41) is 29.2. The molecule has 12 nitrogen and oxygen atoms in total. The van der Waals surface area contributed by atoms with Gasteiger partial charge < -0.3 is 31.5 Å². The van der Waals surface area contributed by atoms with Gasteiger partial charge in [-0.3, -0.25) is 14.2 Å². The molecule has 7 N–H and O–H groups in total. The summed E-state index contributed by atoms with van der Waals surface area (Å²) in [5.41, 5.74) is 8.99. The third-order valence-electron chi connectivity index (χ3n) is 3.71. The van der Waals surface area contributed by atoms with Crippen molar-refractivity contribution < 1.29 is 24.9 Å². The standard InChI is InChI=1S/C12H14N6O6/c13-8-4-10(16-2-15-8)18(11(23)5(17-4)9(14)22)12-7(21)6(20)3(1-19)24-12/h2-3,6-7,12,19-21H,1H2,(H2,14,22)(H2,13,15,16)/t3?,6-,7-,12?/m1/s1. The van der Waals surface area contributed by atoms with Gasteiger partial charge in [-0.2, -0.15) is 0 Å². The maximum absolute atomic E-state index is 12.5. The molecule has 3 heterocycles. The number of amides is 1. The van der Waals surface area contributed by atoms with E-state index in [-0.39, 0.29) is 17.0 Å². The lowest BCUT2D eigenvalue weighted by Crippen LogP contribution is -2.39. The van der Waals surface area contributed by atoms with Crippen molar-refractivity contribution in [2.24, 2.45) is 5.73 Å². The Bertz CT molecular complexity index is 869. The van der Waals surface area contributed by atoms with E-state index in [2.05, 4.69) is 15.0 Å². The Labute approximate surface area is 133 Å². The van der Waals surface area contributed by atoms with E-state index in [0.717, 1.165) is 10.9 Å². The third-order valence-corrected chi connectivity index (χ3v) is 3.71. The van der Waals surface area contributed by atoms with Crippen LogP contribution in [0.2, 0.25) is 0 Å². The summed E-state index contributed by atoms with van der Waals surface area (Å²) >= 11 is 0. The molecule has 2 aromatic rings. The quantitative estimate of drug-likeness (QED) is 0.373. The van der Waals surface area contributed by atoms with Crippen LogP contribution < -0.4 is 17.0 Å². The smallest absolute Gasteiger partial charge is 0.286 e. The van der Waals surface area contributed by atoms with Crippen molar-refractivity contribution in [3.05, 3.63) is 22.4 Å².